The predicted molar refractivity (Wildman–Crippen MR) is 55.8 cm³/mol. The van der Waals surface area contributed by atoms with Gasteiger partial charge in [0, 0.05) is 12.2 Å². The summed E-state index contributed by atoms with van der Waals surface area (Å²) in [4.78, 5) is 0. The van der Waals surface area contributed by atoms with Crippen molar-refractivity contribution in [2.45, 2.75) is 12.3 Å². The monoisotopic (exact) mass is 187 g/mol. The van der Waals surface area contributed by atoms with E-state index >= 15 is 0 Å². The standard InChI is InChI=1S/C11H13N3/c12-6-8-1-2-10(13)5-11(8)9-3-4-14-7-9/h1-2,5,9,14H,3-4,7,13H2. The summed E-state index contributed by atoms with van der Waals surface area (Å²) in [6, 6.07) is 7.73. The van der Waals surface area contributed by atoms with Crippen LogP contribution in [0.3, 0.4) is 0 Å². The highest BCUT2D eigenvalue weighted by Gasteiger charge is 2.19. The molecule has 3 N–H and O–H groups in total. The third kappa shape index (κ3) is 1.57. The van der Waals surface area contributed by atoms with Crippen molar-refractivity contribution in [3.63, 3.8) is 0 Å². The lowest BCUT2D eigenvalue weighted by atomic mass is 9.93. The molecule has 1 fully saturated rings. The van der Waals surface area contributed by atoms with Crippen LogP contribution in [0.15, 0.2) is 18.2 Å². The van der Waals surface area contributed by atoms with Crippen molar-refractivity contribution in [3.05, 3.63) is 29.3 Å². The Bertz CT molecular complexity index is 373. The van der Waals surface area contributed by atoms with E-state index in [9.17, 15) is 0 Å². The molecule has 1 aliphatic rings. The molecule has 2 rings (SSSR count). The van der Waals surface area contributed by atoms with Gasteiger partial charge in [-0.15, -0.1) is 0 Å². The Morgan fingerprint density at radius 1 is 1.50 bits per heavy atom. The lowest BCUT2D eigenvalue weighted by Gasteiger charge is -2.11. The molecule has 0 bridgehead atoms. The topological polar surface area (TPSA) is 61.8 Å². The summed E-state index contributed by atoms with van der Waals surface area (Å²) in [5, 5.41) is 12.2. The first-order chi connectivity index (χ1) is 6.81. The van der Waals surface area contributed by atoms with Crippen LogP contribution in [-0.4, -0.2) is 13.1 Å². The van der Waals surface area contributed by atoms with Crippen molar-refractivity contribution in [2.75, 3.05) is 18.8 Å². The minimum absolute atomic E-state index is 0.452. The summed E-state index contributed by atoms with van der Waals surface area (Å²) < 4.78 is 0. The molecule has 0 radical (unpaired) electrons. The zero-order chi connectivity index (χ0) is 9.97. The van der Waals surface area contributed by atoms with E-state index in [0.717, 1.165) is 36.3 Å². The number of hydrogen-bond acceptors (Lipinski definition) is 3. The summed E-state index contributed by atoms with van der Waals surface area (Å²) in [5.74, 6) is 0.452. The Hall–Kier alpha value is -1.53. The van der Waals surface area contributed by atoms with Gasteiger partial charge in [0.2, 0.25) is 0 Å². The average molecular weight is 187 g/mol. The SMILES string of the molecule is N#Cc1ccc(N)cc1C1CCNC1. The van der Waals surface area contributed by atoms with E-state index in [-0.39, 0.29) is 0 Å². The van der Waals surface area contributed by atoms with E-state index in [1.807, 2.05) is 12.1 Å². The summed E-state index contributed by atoms with van der Waals surface area (Å²) in [5.41, 5.74) is 8.31. The van der Waals surface area contributed by atoms with Gasteiger partial charge >= 0.3 is 0 Å². The fraction of sp³-hybridized carbons (Fsp3) is 0.364. The Morgan fingerprint density at radius 3 is 3.00 bits per heavy atom. The fourth-order valence-electron chi connectivity index (χ4n) is 1.94. The van der Waals surface area contributed by atoms with Crippen molar-refractivity contribution in [1.29, 1.82) is 5.26 Å². The quantitative estimate of drug-likeness (QED) is 0.650. The highest BCUT2D eigenvalue weighted by molar-refractivity contribution is 5.50. The molecule has 72 valence electrons. The molecule has 1 aromatic rings. The minimum atomic E-state index is 0.452. The van der Waals surface area contributed by atoms with E-state index in [1.54, 1.807) is 6.07 Å². The van der Waals surface area contributed by atoms with Crippen molar-refractivity contribution >= 4 is 5.69 Å². The molecular formula is C11H13N3. The summed E-state index contributed by atoms with van der Waals surface area (Å²) >= 11 is 0. The van der Waals surface area contributed by atoms with Crippen LogP contribution in [-0.2, 0) is 0 Å². The second-order valence-electron chi connectivity index (χ2n) is 3.65. The van der Waals surface area contributed by atoms with Crippen molar-refractivity contribution < 1.29 is 0 Å². The van der Waals surface area contributed by atoms with E-state index in [0.29, 0.717) is 5.92 Å². The molecule has 0 aromatic heterocycles. The predicted octanol–water partition coefficient (Wildman–Crippen LogP) is 1.22. The molecule has 3 heteroatoms. The van der Waals surface area contributed by atoms with Crippen LogP contribution in [0.2, 0.25) is 0 Å². The minimum Gasteiger partial charge on any atom is -0.399 e. The zero-order valence-corrected chi connectivity index (χ0v) is 7.96. The number of rotatable bonds is 1. The lowest BCUT2D eigenvalue weighted by molar-refractivity contribution is 0.761. The van der Waals surface area contributed by atoms with Gasteiger partial charge in [-0.05, 0) is 42.6 Å². The van der Waals surface area contributed by atoms with Gasteiger partial charge in [0.1, 0.15) is 0 Å². The third-order valence-corrected chi connectivity index (χ3v) is 2.70. The van der Waals surface area contributed by atoms with Gasteiger partial charge in [-0.1, -0.05) is 0 Å². The van der Waals surface area contributed by atoms with E-state index in [1.165, 1.54) is 0 Å². The molecule has 1 unspecified atom stereocenters. The van der Waals surface area contributed by atoms with E-state index in [4.69, 9.17) is 11.0 Å². The number of nitrogen functional groups attached to an aromatic ring is 1. The van der Waals surface area contributed by atoms with Gasteiger partial charge in [-0.3, -0.25) is 0 Å². The maximum Gasteiger partial charge on any atom is 0.0994 e. The zero-order valence-electron chi connectivity index (χ0n) is 7.96. The van der Waals surface area contributed by atoms with Crippen LogP contribution < -0.4 is 11.1 Å². The highest BCUT2D eigenvalue weighted by atomic mass is 14.9. The first-order valence-electron chi connectivity index (χ1n) is 4.81. The van der Waals surface area contributed by atoms with Crippen LogP contribution in [0.1, 0.15) is 23.5 Å². The average Bonchev–Trinajstić information content (AvgIpc) is 2.70. The molecule has 1 aliphatic heterocycles. The molecule has 1 saturated heterocycles. The first-order valence-corrected chi connectivity index (χ1v) is 4.81. The van der Waals surface area contributed by atoms with Crippen LogP contribution in [0.25, 0.3) is 0 Å². The second-order valence-corrected chi connectivity index (χ2v) is 3.65. The number of nitriles is 1. The second kappa shape index (κ2) is 3.69. The van der Waals surface area contributed by atoms with Crippen LogP contribution in [0, 0.1) is 11.3 Å². The molecular weight excluding hydrogens is 174 g/mol. The van der Waals surface area contributed by atoms with Crippen LogP contribution >= 0.6 is 0 Å². The number of anilines is 1. The molecule has 0 amide bonds. The molecule has 1 heterocycles. The van der Waals surface area contributed by atoms with Gasteiger partial charge < -0.3 is 11.1 Å². The smallest absolute Gasteiger partial charge is 0.0994 e. The Morgan fingerprint density at radius 2 is 2.36 bits per heavy atom. The number of benzene rings is 1. The summed E-state index contributed by atoms with van der Waals surface area (Å²) in [6.45, 7) is 1.99. The lowest BCUT2D eigenvalue weighted by Crippen LogP contribution is -2.09. The van der Waals surface area contributed by atoms with Gasteiger partial charge in [0.05, 0.1) is 11.6 Å². The largest absolute Gasteiger partial charge is 0.399 e. The highest BCUT2D eigenvalue weighted by Crippen LogP contribution is 2.26. The maximum atomic E-state index is 8.96. The van der Waals surface area contributed by atoms with Crippen molar-refractivity contribution in [1.82, 2.24) is 5.32 Å². The summed E-state index contributed by atoms with van der Waals surface area (Å²) in [6.07, 6.45) is 1.10. The first kappa shape index (κ1) is 9.04. The molecule has 1 atom stereocenters. The molecule has 14 heavy (non-hydrogen) atoms. The Labute approximate surface area is 83.5 Å². The maximum absolute atomic E-state index is 8.96. The van der Waals surface area contributed by atoms with Crippen LogP contribution in [0.5, 0.6) is 0 Å². The van der Waals surface area contributed by atoms with Gasteiger partial charge in [0.15, 0.2) is 0 Å². The van der Waals surface area contributed by atoms with Gasteiger partial charge in [0.25, 0.3) is 0 Å². The van der Waals surface area contributed by atoms with Crippen molar-refractivity contribution in [2.24, 2.45) is 0 Å². The fourth-order valence-corrected chi connectivity index (χ4v) is 1.94. The van der Waals surface area contributed by atoms with Crippen LogP contribution in [0.4, 0.5) is 5.69 Å². The number of nitrogens with two attached hydrogens (primary N) is 1. The Balaban J connectivity index is 2.39. The number of nitrogens with zero attached hydrogens (tertiary/aromatic N) is 1. The molecule has 3 nitrogen and oxygen atoms in total. The molecule has 1 aromatic carbocycles. The van der Waals surface area contributed by atoms with E-state index in [2.05, 4.69) is 11.4 Å². The Kier molecular flexibility index (Phi) is 2.38. The molecule has 0 saturated carbocycles. The molecule has 0 spiro atoms. The number of nitrogens with one attached hydrogen (secondary N) is 1. The van der Waals surface area contributed by atoms with Gasteiger partial charge in [-0.2, -0.15) is 5.26 Å². The normalized spacial score (nSPS) is 20.6. The number of hydrogen-bond donors (Lipinski definition) is 2. The van der Waals surface area contributed by atoms with Crippen molar-refractivity contribution in [3.8, 4) is 6.07 Å². The van der Waals surface area contributed by atoms with Gasteiger partial charge in [-0.25, -0.2) is 0 Å². The molecule has 0 aliphatic carbocycles. The van der Waals surface area contributed by atoms with E-state index < -0.39 is 0 Å². The third-order valence-electron chi connectivity index (χ3n) is 2.70. The summed E-state index contributed by atoms with van der Waals surface area (Å²) in [7, 11) is 0.